The molecule has 2 atom stereocenters. The van der Waals surface area contributed by atoms with Crippen molar-refractivity contribution in [3.63, 3.8) is 0 Å². The molecule has 3 N–H and O–H groups in total. The highest BCUT2D eigenvalue weighted by molar-refractivity contribution is 5.69. The van der Waals surface area contributed by atoms with Crippen molar-refractivity contribution in [3.05, 3.63) is 11.8 Å². The van der Waals surface area contributed by atoms with Gasteiger partial charge in [-0.05, 0) is 44.4 Å². The minimum absolute atomic E-state index is 0.0251. The van der Waals surface area contributed by atoms with E-state index in [1.807, 2.05) is 15.6 Å². The minimum atomic E-state index is -0.139. The van der Waals surface area contributed by atoms with Crippen LogP contribution in [0.4, 0.5) is 16.7 Å². The second-order valence-electron chi connectivity index (χ2n) is 11.1. The van der Waals surface area contributed by atoms with Crippen molar-refractivity contribution in [1.82, 2.24) is 29.8 Å². The van der Waals surface area contributed by atoms with Gasteiger partial charge in [-0.3, -0.25) is 0 Å². The van der Waals surface area contributed by atoms with E-state index in [1.165, 1.54) is 32.1 Å². The van der Waals surface area contributed by atoms with Crippen molar-refractivity contribution in [1.29, 1.82) is 0 Å². The first-order chi connectivity index (χ1) is 17.0. The van der Waals surface area contributed by atoms with Gasteiger partial charge in [-0.25, -0.2) is 4.79 Å². The van der Waals surface area contributed by atoms with Crippen molar-refractivity contribution < 1.29 is 9.53 Å². The first kappa shape index (κ1) is 22.8. The van der Waals surface area contributed by atoms with Crippen molar-refractivity contribution >= 4 is 23.6 Å². The fourth-order valence-electron chi connectivity index (χ4n) is 6.21. The predicted molar refractivity (Wildman–Crippen MR) is 134 cm³/mol. The number of rotatable bonds is 6. The third kappa shape index (κ3) is 4.52. The Kier molecular flexibility index (Phi) is 6.16. The quantitative estimate of drug-likeness (QED) is 0.574. The maximum atomic E-state index is 12.8. The van der Waals surface area contributed by atoms with Gasteiger partial charge in [-0.1, -0.05) is 33.1 Å². The Hall–Kier alpha value is -2.62. The van der Waals surface area contributed by atoms with E-state index in [9.17, 15) is 4.79 Å². The SMILES string of the molecule is CC(C)c1cnn2c(NC3CC4CCC(C3)N4C(=O)OC3CNC3)nc(NC3CCCCC3)nc12. The molecular weight excluding hydrogens is 444 g/mol. The lowest BCUT2D eigenvalue weighted by molar-refractivity contribution is 0.0194. The first-order valence-electron chi connectivity index (χ1n) is 13.5. The van der Waals surface area contributed by atoms with Gasteiger partial charge in [0.25, 0.3) is 0 Å². The Balaban J connectivity index is 1.21. The summed E-state index contributed by atoms with van der Waals surface area (Å²) in [7, 11) is 0. The topological polar surface area (TPSA) is 109 Å². The van der Waals surface area contributed by atoms with Crippen LogP contribution >= 0.6 is 0 Å². The fourth-order valence-corrected chi connectivity index (χ4v) is 6.21. The molecule has 2 aromatic heterocycles. The minimum Gasteiger partial charge on any atom is -0.443 e. The van der Waals surface area contributed by atoms with Crippen molar-refractivity contribution in [2.75, 3.05) is 23.7 Å². The van der Waals surface area contributed by atoms with E-state index in [2.05, 4.69) is 34.9 Å². The number of anilines is 2. The molecule has 35 heavy (non-hydrogen) atoms. The van der Waals surface area contributed by atoms with E-state index >= 15 is 0 Å². The Morgan fingerprint density at radius 1 is 1.03 bits per heavy atom. The van der Waals surface area contributed by atoms with Crippen molar-refractivity contribution in [3.8, 4) is 0 Å². The molecule has 3 saturated heterocycles. The van der Waals surface area contributed by atoms with Crippen LogP contribution in [0.1, 0.15) is 83.1 Å². The number of hydrogen-bond acceptors (Lipinski definition) is 8. The van der Waals surface area contributed by atoms with Crippen LogP contribution in [-0.4, -0.2) is 73.9 Å². The third-order valence-electron chi connectivity index (χ3n) is 8.24. The molecule has 1 aliphatic carbocycles. The van der Waals surface area contributed by atoms with E-state index in [4.69, 9.17) is 14.7 Å². The summed E-state index contributed by atoms with van der Waals surface area (Å²) in [5, 5.41) is 15.1. The number of fused-ring (bicyclic) bond motifs is 3. The van der Waals surface area contributed by atoms with Gasteiger partial charge in [0, 0.05) is 42.8 Å². The highest BCUT2D eigenvalue weighted by atomic mass is 16.6. The average Bonchev–Trinajstić information content (AvgIpc) is 3.36. The van der Waals surface area contributed by atoms with Crippen LogP contribution in [0.15, 0.2) is 6.20 Å². The van der Waals surface area contributed by atoms with Crippen LogP contribution in [0.2, 0.25) is 0 Å². The summed E-state index contributed by atoms with van der Waals surface area (Å²) in [6.45, 7) is 5.88. The van der Waals surface area contributed by atoms with E-state index in [0.717, 1.165) is 55.9 Å². The normalized spacial score (nSPS) is 27.3. The summed E-state index contributed by atoms with van der Waals surface area (Å²) in [6, 6.07) is 1.09. The summed E-state index contributed by atoms with van der Waals surface area (Å²) in [5.41, 5.74) is 2.00. The molecule has 6 rings (SSSR count). The van der Waals surface area contributed by atoms with E-state index in [0.29, 0.717) is 17.9 Å². The Bertz CT molecular complexity index is 1050. The molecule has 2 bridgehead atoms. The van der Waals surface area contributed by atoms with Crippen LogP contribution in [0, 0.1) is 0 Å². The van der Waals surface area contributed by atoms with Gasteiger partial charge in [0.05, 0.1) is 6.20 Å². The molecule has 10 heteroatoms. The maximum Gasteiger partial charge on any atom is 0.410 e. The zero-order valence-corrected chi connectivity index (χ0v) is 20.9. The molecule has 0 radical (unpaired) electrons. The number of piperidine rings is 1. The first-order valence-corrected chi connectivity index (χ1v) is 13.5. The number of nitrogens with zero attached hydrogens (tertiary/aromatic N) is 5. The van der Waals surface area contributed by atoms with E-state index in [1.54, 1.807) is 0 Å². The lowest BCUT2D eigenvalue weighted by atomic mass is 9.96. The summed E-state index contributed by atoms with van der Waals surface area (Å²) in [5.74, 6) is 1.75. The molecule has 1 saturated carbocycles. The maximum absolute atomic E-state index is 12.8. The third-order valence-corrected chi connectivity index (χ3v) is 8.24. The molecule has 10 nitrogen and oxygen atoms in total. The molecular formula is C25H38N8O2. The number of aromatic nitrogens is 4. The zero-order valence-electron chi connectivity index (χ0n) is 20.9. The molecule has 4 fully saturated rings. The van der Waals surface area contributed by atoms with Gasteiger partial charge in [-0.15, -0.1) is 0 Å². The lowest BCUT2D eigenvalue weighted by Crippen LogP contribution is -2.55. The molecule has 5 heterocycles. The highest BCUT2D eigenvalue weighted by Crippen LogP contribution is 2.37. The second-order valence-corrected chi connectivity index (χ2v) is 11.1. The Morgan fingerprint density at radius 3 is 2.43 bits per heavy atom. The van der Waals surface area contributed by atoms with Crippen LogP contribution in [0.25, 0.3) is 5.65 Å². The molecule has 1 amide bonds. The zero-order chi connectivity index (χ0) is 23.9. The average molecular weight is 483 g/mol. The number of nitrogens with one attached hydrogen (secondary N) is 3. The lowest BCUT2D eigenvalue weighted by Gasteiger charge is -2.40. The molecule has 0 aromatic carbocycles. The summed E-state index contributed by atoms with van der Waals surface area (Å²) in [6.07, 6.45) is 11.8. The standard InChI is InChI=1S/C25H38N8O2/c1-15(2)21-14-27-33-22(21)30-23(28-16-6-4-3-5-7-16)31-24(33)29-17-10-18-8-9-19(11-17)32(18)25(34)35-20-12-26-13-20/h14-20,26H,3-13H2,1-2H3,(H2,28,29,30,31). The summed E-state index contributed by atoms with van der Waals surface area (Å²) < 4.78 is 7.55. The van der Waals surface area contributed by atoms with Crippen molar-refractivity contribution in [2.45, 2.75) is 108 Å². The van der Waals surface area contributed by atoms with Gasteiger partial charge in [0.1, 0.15) is 6.10 Å². The summed E-state index contributed by atoms with van der Waals surface area (Å²) in [4.78, 5) is 24.6. The highest BCUT2D eigenvalue weighted by Gasteiger charge is 2.45. The van der Waals surface area contributed by atoms with Gasteiger partial charge in [-0.2, -0.15) is 19.6 Å². The number of amides is 1. The van der Waals surface area contributed by atoms with Crippen LogP contribution < -0.4 is 16.0 Å². The van der Waals surface area contributed by atoms with E-state index in [-0.39, 0.29) is 30.3 Å². The van der Waals surface area contributed by atoms with Gasteiger partial charge < -0.3 is 25.6 Å². The molecule has 190 valence electrons. The van der Waals surface area contributed by atoms with Crippen LogP contribution in [0.3, 0.4) is 0 Å². The molecule has 2 unspecified atom stereocenters. The number of hydrogen-bond donors (Lipinski definition) is 3. The molecule has 2 aromatic rings. The number of carbonyl (C=O) groups is 1. The van der Waals surface area contributed by atoms with Gasteiger partial charge in [0.15, 0.2) is 5.65 Å². The monoisotopic (exact) mass is 482 g/mol. The van der Waals surface area contributed by atoms with Crippen LogP contribution in [-0.2, 0) is 4.74 Å². The predicted octanol–water partition coefficient (Wildman–Crippen LogP) is 3.51. The van der Waals surface area contributed by atoms with E-state index < -0.39 is 0 Å². The fraction of sp³-hybridized carbons (Fsp3) is 0.760. The second kappa shape index (κ2) is 9.44. The smallest absolute Gasteiger partial charge is 0.410 e. The largest absolute Gasteiger partial charge is 0.443 e. The van der Waals surface area contributed by atoms with Gasteiger partial charge in [0.2, 0.25) is 11.9 Å². The molecule has 4 aliphatic rings. The number of carbonyl (C=O) groups excluding carboxylic acids is 1. The summed E-state index contributed by atoms with van der Waals surface area (Å²) >= 11 is 0. The Morgan fingerprint density at radius 2 is 1.77 bits per heavy atom. The van der Waals surface area contributed by atoms with Crippen LogP contribution in [0.5, 0.6) is 0 Å². The Labute approximate surface area is 206 Å². The number of ether oxygens (including phenoxy) is 1. The molecule has 0 spiro atoms. The van der Waals surface area contributed by atoms with Gasteiger partial charge >= 0.3 is 6.09 Å². The molecule has 3 aliphatic heterocycles. The van der Waals surface area contributed by atoms with Crippen molar-refractivity contribution in [2.24, 2.45) is 0 Å².